The lowest BCUT2D eigenvalue weighted by Gasteiger charge is -2.20. The highest BCUT2D eigenvalue weighted by molar-refractivity contribution is 5.29. The Hall–Kier alpha value is -1.10. The average molecular weight is 238 g/mol. The summed E-state index contributed by atoms with van der Waals surface area (Å²) in [6, 6.07) is 1.31. The van der Waals surface area contributed by atoms with Crippen LogP contribution in [0.5, 0.6) is 0 Å². The molecule has 0 bridgehead atoms. The van der Waals surface area contributed by atoms with Gasteiger partial charge in [0.15, 0.2) is 0 Å². The fourth-order valence-corrected chi connectivity index (χ4v) is 1.80. The van der Waals surface area contributed by atoms with Gasteiger partial charge in [0, 0.05) is 12.6 Å². The van der Waals surface area contributed by atoms with E-state index in [1.165, 1.54) is 19.3 Å². The first-order valence-corrected chi connectivity index (χ1v) is 6.44. The van der Waals surface area contributed by atoms with Crippen molar-refractivity contribution in [3.05, 3.63) is 5.89 Å². The zero-order valence-corrected chi connectivity index (χ0v) is 10.9. The zero-order valence-electron chi connectivity index (χ0n) is 10.9. The van der Waals surface area contributed by atoms with Crippen LogP contribution in [0.1, 0.15) is 39.0 Å². The molecule has 0 aliphatic heterocycles. The van der Waals surface area contributed by atoms with E-state index in [2.05, 4.69) is 34.3 Å². The maximum atomic E-state index is 5.66. The zero-order chi connectivity index (χ0) is 12.3. The fourth-order valence-electron chi connectivity index (χ4n) is 1.80. The molecule has 96 valence electrons. The summed E-state index contributed by atoms with van der Waals surface area (Å²) in [5.74, 6) is 1.37. The van der Waals surface area contributed by atoms with Crippen molar-refractivity contribution in [2.75, 3.05) is 18.5 Å². The highest BCUT2D eigenvalue weighted by Crippen LogP contribution is 2.31. The second kappa shape index (κ2) is 5.49. The summed E-state index contributed by atoms with van der Waals surface area (Å²) in [6.07, 6.45) is 3.67. The van der Waals surface area contributed by atoms with E-state index in [4.69, 9.17) is 4.42 Å². The summed E-state index contributed by atoms with van der Waals surface area (Å²) in [5.41, 5.74) is 0. The van der Waals surface area contributed by atoms with Crippen molar-refractivity contribution >= 4 is 6.01 Å². The Balaban J connectivity index is 1.98. The Morgan fingerprint density at radius 1 is 1.41 bits per heavy atom. The van der Waals surface area contributed by atoms with E-state index in [0.717, 1.165) is 6.54 Å². The van der Waals surface area contributed by atoms with Crippen LogP contribution in [0.2, 0.25) is 0 Å². The van der Waals surface area contributed by atoms with E-state index in [-0.39, 0.29) is 0 Å². The first kappa shape index (κ1) is 12.4. The van der Waals surface area contributed by atoms with E-state index >= 15 is 0 Å². The molecule has 1 heterocycles. The van der Waals surface area contributed by atoms with Gasteiger partial charge in [0.25, 0.3) is 0 Å². The lowest BCUT2D eigenvalue weighted by Crippen LogP contribution is -2.28. The molecule has 0 unspecified atom stereocenters. The van der Waals surface area contributed by atoms with Crippen LogP contribution in [-0.2, 0) is 6.54 Å². The van der Waals surface area contributed by atoms with Gasteiger partial charge in [-0.15, -0.1) is 5.10 Å². The summed E-state index contributed by atoms with van der Waals surface area (Å²) >= 11 is 0. The Morgan fingerprint density at radius 3 is 2.76 bits per heavy atom. The van der Waals surface area contributed by atoms with Gasteiger partial charge < -0.3 is 14.6 Å². The summed E-state index contributed by atoms with van der Waals surface area (Å²) in [5, 5.41) is 11.2. The molecule has 0 spiro atoms. The van der Waals surface area contributed by atoms with Gasteiger partial charge in [0.1, 0.15) is 0 Å². The molecule has 5 nitrogen and oxygen atoms in total. The van der Waals surface area contributed by atoms with Crippen LogP contribution in [-0.4, -0.2) is 29.8 Å². The van der Waals surface area contributed by atoms with Crippen molar-refractivity contribution in [1.82, 2.24) is 15.5 Å². The Morgan fingerprint density at radius 2 is 2.18 bits per heavy atom. The third-order valence-electron chi connectivity index (χ3n) is 2.96. The Labute approximate surface area is 103 Å². The van der Waals surface area contributed by atoms with Gasteiger partial charge in [-0.2, -0.15) is 0 Å². The quantitative estimate of drug-likeness (QED) is 0.785. The van der Waals surface area contributed by atoms with Gasteiger partial charge in [-0.3, -0.25) is 0 Å². The average Bonchev–Trinajstić information content (AvgIpc) is 3.00. The molecular formula is C12H22N4O. The number of nitrogens with one attached hydrogen (secondary N) is 1. The second-order valence-corrected chi connectivity index (χ2v) is 5.12. The number of nitrogens with zero attached hydrogens (tertiary/aromatic N) is 3. The van der Waals surface area contributed by atoms with Crippen LogP contribution in [0.4, 0.5) is 6.01 Å². The normalized spacial score (nSPS) is 15.5. The first-order valence-electron chi connectivity index (χ1n) is 6.44. The smallest absolute Gasteiger partial charge is 0.318 e. The van der Waals surface area contributed by atoms with E-state index in [1.807, 2.05) is 7.05 Å². The molecule has 1 N–H and O–H groups in total. The molecule has 1 saturated carbocycles. The van der Waals surface area contributed by atoms with E-state index in [1.54, 1.807) is 0 Å². The SMILES string of the molecule is CNCc1nnc(N(CCC(C)C)C2CC2)o1. The van der Waals surface area contributed by atoms with Crippen LogP contribution in [0.15, 0.2) is 4.42 Å². The first-order chi connectivity index (χ1) is 8.20. The van der Waals surface area contributed by atoms with Crippen molar-refractivity contribution in [3.8, 4) is 0 Å². The lowest BCUT2D eigenvalue weighted by atomic mass is 10.1. The van der Waals surface area contributed by atoms with Gasteiger partial charge in [0.05, 0.1) is 6.54 Å². The molecule has 1 aromatic rings. The lowest BCUT2D eigenvalue weighted by molar-refractivity contribution is 0.460. The largest absolute Gasteiger partial charge is 0.407 e. The minimum Gasteiger partial charge on any atom is -0.407 e. The molecular weight excluding hydrogens is 216 g/mol. The number of anilines is 1. The standard InChI is InChI=1S/C12H22N4O/c1-9(2)6-7-16(10-4-5-10)12-15-14-11(17-12)8-13-3/h9-10,13H,4-8H2,1-3H3. The summed E-state index contributed by atoms with van der Waals surface area (Å²) in [6.45, 7) is 6.13. The number of aromatic nitrogens is 2. The molecule has 1 aliphatic rings. The highest BCUT2D eigenvalue weighted by Gasteiger charge is 2.32. The summed E-state index contributed by atoms with van der Waals surface area (Å²) in [7, 11) is 1.88. The molecule has 2 rings (SSSR count). The van der Waals surface area contributed by atoms with E-state index in [9.17, 15) is 0 Å². The number of hydrogen-bond acceptors (Lipinski definition) is 5. The second-order valence-electron chi connectivity index (χ2n) is 5.12. The van der Waals surface area contributed by atoms with Gasteiger partial charge in [-0.25, -0.2) is 0 Å². The molecule has 1 aliphatic carbocycles. The van der Waals surface area contributed by atoms with Crippen molar-refractivity contribution in [3.63, 3.8) is 0 Å². The third kappa shape index (κ3) is 3.43. The maximum absolute atomic E-state index is 5.66. The monoisotopic (exact) mass is 238 g/mol. The van der Waals surface area contributed by atoms with Crippen molar-refractivity contribution in [2.24, 2.45) is 5.92 Å². The van der Waals surface area contributed by atoms with Crippen molar-refractivity contribution in [1.29, 1.82) is 0 Å². The van der Waals surface area contributed by atoms with Crippen LogP contribution in [0.3, 0.4) is 0 Å². The number of hydrogen-bond donors (Lipinski definition) is 1. The molecule has 0 saturated heterocycles. The Kier molecular flexibility index (Phi) is 3.99. The van der Waals surface area contributed by atoms with Gasteiger partial charge in [-0.05, 0) is 32.2 Å². The van der Waals surface area contributed by atoms with Crippen LogP contribution >= 0.6 is 0 Å². The van der Waals surface area contributed by atoms with Crippen molar-refractivity contribution < 1.29 is 4.42 Å². The molecule has 0 atom stereocenters. The molecule has 5 heteroatoms. The number of rotatable bonds is 7. The van der Waals surface area contributed by atoms with Crippen LogP contribution in [0, 0.1) is 5.92 Å². The summed E-state index contributed by atoms with van der Waals surface area (Å²) in [4.78, 5) is 2.27. The Bertz CT molecular complexity index is 346. The fraction of sp³-hybridized carbons (Fsp3) is 0.833. The van der Waals surface area contributed by atoms with E-state index < -0.39 is 0 Å². The minimum atomic E-state index is 0.622. The highest BCUT2D eigenvalue weighted by atomic mass is 16.4. The summed E-state index contributed by atoms with van der Waals surface area (Å²) < 4.78 is 5.66. The molecule has 0 radical (unpaired) electrons. The van der Waals surface area contributed by atoms with Gasteiger partial charge in [0.2, 0.25) is 5.89 Å². The molecule has 1 fully saturated rings. The van der Waals surface area contributed by atoms with Crippen LogP contribution in [0.25, 0.3) is 0 Å². The minimum absolute atomic E-state index is 0.622. The topological polar surface area (TPSA) is 54.2 Å². The molecule has 1 aromatic heterocycles. The van der Waals surface area contributed by atoms with Crippen LogP contribution < -0.4 is 10.2 Å². The molecule has 17 heavy (non-hydrogen) atoms. The van der Waals surface area contributed by atoms with Gasteiger partial charge >= 0.3 is 6.01 Å². The predicted molar refractivity (Wildman–Crippen MR) is 66.9 cm³/mol. The van der Waals surface area contributed by atoms with Crippen molar-refractivity contribution in [2.45, 2.75) is 45.7 Å². The molecule has 0 amide bonds. The van der Waals surface area contributed by atoms with E-state index in [0.29, 0.717) is 30.4 Å². The predicted octanol–water partition coefficient (Wildman–Crippen LogP) is 1.80. The third-order valence-corrected chi connectivity index (χ3v) is 2.96. The maximum Gasteiger partial charge on any atom is 0.318 e. The molecule has 0 aromatic carbocycles. The van der Waals surface area contributed by atoms with Gasteiger partial charge in [-0.1, -0.05) is 18.9 Å².